The number of aliphatic carboxylic acids is 1. The SMILES string of the molecule is CN1C(=O)NC2(CCN(C(C)(C)C(=O)O)CC2)C1=O. The molecule has 7 heteroatoms. The summed E-state index contributed by atoms with van der Waals surface area (Å²) in [4.78, 5) is 37.8. The fourth-order valence-corrected chi connectivity index (χ4v) is 2.68. The second kappa shape index (κ2) is 4.19. The third-order valence-corrected chi connectivity index (χ3v) is 4.30. The molecule has 106 valence electrons. The molecule has 2 N–H and O–H groups in total. The first kappa shape index (κ1) is 13.8. The van der Waals surface area contributed by atoms with Crippen molar-refractivity contribution in [1.29, 1.82) is 0 Å². The number of carbonyl (C=O) groups is 3. The van der Waals surface area contributed by atoms with Crippen LogP contribution in [0.15, 0.2) is 0 Å². The van der Waals surface area contributed by atoms with Crippen molar-refractivity contribution in [3.05, 3.63) is 0 Å². The van der Waals surface area contributed by atoms with Gasteiger partial charge in [-0.1, -0.05) is 0 Å². The maximum atomic E-state index is 12.1. The van der Waals surface area contributed by atoms with E-state index < -0.39 is 17.0 Å². The Labute approximate surface area is 111 Å². The molecule has 2 rings (SSSR count). The maximum absolute atomic E-state index is 12.1. The van der Waals surface area contributed by atoms with E-state index in [0.29, 0.717) is 25.9 Å². The zero-order valence-corrected chi connectivity index (χ0v) is 11.4. The van der Waals surface area contributed by atoms with E-state index in [1.54, 1.807) is 13.8 Å². The number of amides is 3. The number of carboxylic acid groups (broad SMARTS) is 1. The molecule has 0 aliphatic carbocycles. The summed E-state index contributed by atoms with van der Waals surface area (Å²) in [6, 6.07) is -0.379. The monoisotopic (exact) mass is 269 g/mol. The molecule has 0 bridgehead atoms. The number of piperidine rings is 1. The lowest BCUT2D eigenvalue weighted by Crippen LogP contribution is -2.60. The van der Waals surface area contributed by atoms with Crippen LogP contribution in [-0.4, -0.2) is 64.0 Å². The highest BCUT2D eigenvalue weighted by Crippen LogP contribution is 2.31. The third-order valence-electron chi connectivity index (χ3n) is 4.30. The molecule has 0 aromatic carbocycles. The summed E-state index contributed by atoms with van der Waals surface area (Å²) < 4.78 is 0. The van der Waals surface area contributed by atoms with Gasteiger partial charge in [-0.2, -0.15) is 0 Å². The van der Waals surface area contributed by atoms with E-state index in [4.69, 9.17) is 0 Å². The molecule has 0 aromatic rings. The highest BCUT2D eigenvalue weighted by molar-refractivity contribution is 6.06. The molecule has 2 heterocycles. The van der Waals surface area contributed by atoms with Gasteiger partial charge in [0.15, 0.2) is 0 Å². The van der Waals surface area contributed by atoms with Crippen molar-refractivity contribution in [2.75, 3.05) is 20.1 Å². The summed E-state index contributed by atoms with van der Waals surface area (Å²) >= 11 is 0. The fraction of sp³-hybridized carbons (Fsp3) is 0.750. The van der Waals surface area contributed by atoms with Crippen molar-refractivity contribution < 1.29 is 19.5 Å². The molecule has 19 heavy (non-hydrogen) atoms. The largest absolute Gasteiger partial charge is 0.480 e. The Bertz CT molecular complexity index is 438. The number of urea groups is 1. The van der Waals surface area contributed by atoms with Crippen molar-refractivity contribution in [2.24, 2.45) is 0 Å². The van der Waals surface area contributed by atoms with Crippen molar-refractivity contribution in [2.45, 2.75) is 37.8 Å². The minimum absolute atomic E-state index is 0.217. The molecule has 0 unspecified atom stereocenters. The van der Waals surface area contributed by atoms with Crippen molar-refractivity contribution in [1.82, 2.24) is 15.1 Å². The summed E-state index contributed by atoms with van der Waals surface area (Å²) in [6.45, 7) is 4.24. The van der Waals surface area contributed by atoms with Gasteiger partial charge in [0.2, 0.25) is 0 Å². The fourth-order valence-electron chi connectivity index (χ4n) is 2.68. The van der Waals surface area contributed by atoms with Crippen LogP contribution in [0.2, 0.25) is 0 Å². The lowest BCUT2D eigenvalue weighted by atomic mass is 9.85. The van der Waals surface area contributed by atoms with Gasteiger partial charge in [0.05, 0.1) is 0 Å². The zero-order chi connectivity index (χ0) is 14.4. The number of imide groups is 1. The van der Waals surface area contributed by atoms with Gasteiger partial charge in [-0.15, -0.1) is 0 Å². The number of hydrogen-bond donors (Lipinski definition) is 2. The van der Waals surface area contributed by atoms with Gasteiger partial charge in [-0.25, -0.2) is 4.79 Å². The maximum Gasteiger partial charge on any atom is 0.324 e. The number of carboxylic acids is 1. The van der Waals surface area contributed by atoms with Gasteiger partial charge < -0.3 is 10.4 Å². The Morgan fingerprint density at radius 3 is 2.21 bits per heavy atom. The Balaban J connectivity index is 2.10. The first-order valence-corrected chi connectivity index (χ1v) is 6.29. The van der Waals surface area contributed by atoms with Crippen LogP contribution >= 0.6 is 0 Å². The molecule has 2 aliphatic rings. The molecule has 0 radical (unpaired) electrons. The van der Waals surface area contributed by atoms with Gasteiger partial charge in [-0.05, 0) is 26.7 Å². The molecule has 7 nitrogen and oxygen atoms in total. The summed E-state index contributed by atoms with van der Waals surface area (Å²) in [6.07, 6.45) is 0.886. The molecule has 0 aromatic heterocycles. The van der Waals surface area contributed by atoms with Crippen LogP contribution in [-0.2, 0) is 9.59 Å². The van der Waals surface area contributed by atoms with E-state index in [1.165, 1.54) is 7.05 Å². The number of rotatable bonds is 2. The van der Waals surface area contributed by atoms with Crippen molar-refractivity contribution in [3.63, 3.8) is 0 Å². The van der Waals surface area contributed by atoms with E-state index in [1.807, 2.05) is 4.90 Å². The third kappa shape index (κ3) is 1.98. The van der Waals surface area contributed by atoms with Crippen molar-refractivity contribution >= 4 is 17.9 Å². The number of hydrogen-bond acceptors (Lipinski definition) is 4. The average Bonchev–Trinajstić information content (AvgIpc) is 2.55. The van der Waals surface area contributed by atoms with Gasteiger partial charge in [0, 0.05) is 20.1 Å². The Kier molecular flexibility index (Phi) is 3.04. The van der Waals surface area contributed by atoms with Crippen LogP contribution in [0.3, 0.4) is 0 Å². The number of nitrogens with one attached hydrogen (secondary N) is 1. The van der Waals surface area contributed by atoms with E-state index in [-0.39, 0.29) is 11.9 Å². The minimum Gasteiger partial charge on any atom is -0.480 e. The second-order valence-corrected chi connectivity index (χ2v) is 5.73. The van der Waals surface area contributed by atoms with Gasteiger partial charge in [0.1, 0.15) is 11.1 Å². The van der Waals surface area contributed by atoms with E-state index in [9.17, 15) is 19.5 Å². The first-order valence-electron chi connectivity index (χ1n) is 6.29. The van der Waals surface area contributed by atoms with Crippen LogP contribution in [0.4, 0.5) is 4.79 Å². The lowest BCUT2D eigenvalue weighted by molar-refractivity contribution is -0.151. The minimum atomic E-state index is -0.959. The Morgan fingerprint density at radius 2 is 1.84 bits per heavy atom. The second-order valence-electron chi connectivity index (χ2n) is 5.73. The van der Waals surface area contributed by atoms with Crippen LogP contribution in [0, 0.1) is 0 Å². The topological polar surface area (TPSA) is 90.0 Å². The lowest BCUT2D eigenvalue weighted by Gasteiger charge is -2.43. The number of carbonyl (C=O) groups excluding carboxylic acids is 2. The first-order chi connectivity index (χ1) is 8.70. The molecular weight excluding hydrogens is 250 g/mol. The molecular formula is C12H19N3O4. The number of likely N-dealkylation sites (tertiary alicyclic amines) is 1. The summed E-state index contributed by atoms with van der Waals surface area (Å²) in [5, 5.41) is 11.9. The van der Waals surface area contributed by atoms with E-state index in [2.05, 4.69) is 5.32 Å². The van der Waals surface area contributed by atoms with E-state index >= 15 is 0 Å². The quantitative estimate of drug-likeness (QED) is 0.681. The predicted molar refractivity (Wildman–Crippen MR) is 66.6 cm³/mol. The number of likely N-dealkylation sites (N-methyl/N-ethyl adjacent to an activating group) is 1. The van der Waals surface area contributed by atoms with Gasteiger partial charge >= 0.3 is 12.0 Å². The molecule has 2 aliphatic heterocycles. The normalized spacial score (nSPS) is 23.8. The molecule has 1 spiro atoms. The molecule has 2 fully saturated rings. The van der Waals surface area contributed by atoms with Crippen LogP contribution in [0.25, 0.3) is 0 Å². The van der Waals surface area contributed by atoms with Gasteiger partial charge in [0.25, 0.3) is 5.91 Å². The smallest absolute Gasteiger partial charge is 0.324 e. The van der Waals surface area contributed by atoms with Gasteiger partial charge in [-0.3, -0.25) is 19.4 Å². The highest BCUT2D eigenvalue weighted by Gasteiger charge is 2.52. The standard InChI is InChI=1S/C12H19N3O4/c1-11(2,9(17)18)15-6-4-12(5-7-15)8(16)14(3)10(19)13-12/h4-7H2,1-3H3,(H,13,19)(H,17,18). The Morgan fingerprint density at radius 1 is 1.32 bits per heavy atom. The molecule has 3 amide bonds. The highest BCUT2D eigenvalue weighted by atomic mass is 16.4. The van der Waals surface area contributed by atoms with Crippen LogP contribution < -0.4 is 5.32 Å². The molecule has 0 atom stereocenters. The van der Waals surface area contributed by atoms with Crippen LogP contribution in [0.5, 0.6) is 0 Å². The summed E-state index contributed by atoms with van der Waals surface area (Å²) in [5.74, 6) is -1.10. The molecule has 0 saturated carbocycles. The Hall–Kier alpha value is -1.63. The predicted octanol–water partition coefficient (Wildman–Crippen LogP) is -0.134. The van der Waals surface area contributed by atoms with Crippen LogP contribution in [0.1, 0.15) is 26.7 Å². The van der Waals surface area contributed by atoms with Crippen molar-refractivity contribution in [3.8, 4) is 0 Å². The zero-order valence-electron chi connectivity index (χ0n) is 11.4. The van der Waals surface area contributed by atoms with E-state index in [0.717, 1.165) is 4.90 Å². The molecule has 2 saturated heterocycles. The summed E-state index contributed by atoms with van der Waals surface area (Å²) in [7, 11) is 1.46. The summed E-state index contributed by atoms with van der Waals surface area (Å²) in [5.41, 5.74) is -1.80. The number of nitrogens with zero attached hydrogens (tertiary/aromatic N) is 2. The average molecular weight is 269 g/mol.